The summed E-state index contributed by atoms with van der Waals surface area (Å²) in [6.45, 7) is 0. The first-order valence-corrected chi connectivity index (χ1v) is 11.7. The number of aliphatic hydroxyl groups excluding tert-OH is 1. The maximum absolute atomic E-state index is 13.5. The molecule has 2 aliphatic carbocycles. The Morgan fingerprint density at radius 3 is 1.66 bits per heavy atom. The zero-order valence-corrected chi connectivity index (χ0v) is 18.9. The van der Waals surface area contributed by atoms with E-state index in [4.69, 9.17) is 4.74 Å². The fraction of sp³-hybridized carbons (Fsp3) is 0.250. The van der Waals surface area contributed by atoms with Gasteiger partial charge in [0, 0.05) is 23.2 Å². The molecule has 2 fully saturated rings. The van der Waals surface area contributed by atoms with Gasteiger partial charge in [0.25, 0.3) is 0 Å². The molecule has 3 N–H and O–H groups in total. The summed E-state index contributed by atoms with van der Waals surface area (Å²) < 4.78 is 5.72. The van der Waals surface area contributed by atoms with E-state index < -0.39 is 41.8 Å². The smallest absolute Gasteiger partial charge is 0.338 e. The maximum atomic E-state index is 13.5. The molecule has 7 heteroatoms. The third-order valence-electron chi connectivity index (χ3n) is 6.99. The predicted octanol–water partition coefficient (Wildman–Crippen LogP) is 3.73. The number of para-hydroxylation sites is 2. The van der Waals surface area contributed by atoms with Crippen molar-refractivity contribution in [2.24, 2.45) is 23.7 Å². The summed E-state index contributed by atoms with van der Waals surface area (Å²) in [6.07, 6.45) is -1.51. The first-order chi connectivity index (χ1) is 17.0. The molecule has 3 aromatic rings. The van der Waals surface area contributed by atoms with Gasteiger partial charge in [-0.05, 0) is 42.8 Å². The number of rotatable bonds is 6. The van der Waals surface area contributed by atoms with Gasteiger partial charge < -0.3 is 20.5 Å². The highest BCUT2D eigenvalue weighted by Gasteiger charge is 2.63. The van der Waals surface area contributed by atoms with Gasteiger partial charge in [-0.15, -0.1) is 0 Å². The average molecular weight is 471 g/mol. The van der Waals surface area contributed by atoms with E-state index in [1.54, 1.807) is 54.6 Å². The first-order valence-electron chi connectivity index (χ1n) is 11.7. The van der Waals surface area contributed by atoms with E-state index in [9.17, 15) is 19.5 Å². The van der Waals surface area contributed by atoms with Crippen molar-refractivity contribution in [3.63, 3.8) is 0 Å². The van der Waals surface area contributed by atoms with Crippen LogP contribution in [0.1, 0.15) is 16.8 Å². The highest BCUT2D eigenvalue weighted by molar-refractivity contribution is 6.01. The molecule has 2 amide bonds. The Balaban J connectivity index is 1.41. The van der Waals surface area contributed by atoms with Crippen molar-refractivity contribution in [3.8, 4) is 0 Å². The molecule has 6 atom stereocenters. The fourth-order valence-electron chi connectivity index (χ4n) is 5.46. The van der Waals surface area contributed by atoms with E-state index in [0.29, 0.717) is 23.4 Å². The number of hydrogen-bond acceptors (Lipinski definition) is 5. The molecule has 2 bridgehead atoms. The van der Waals surface area contributed by atoms with E-state index in [1.165, 1.54) is 0 Å². The van der Waals surface area contributed by atoms with Gasteiger partial charge in [-0.3, -0.25) is 9.59 Å². The first kappa shape index (κ1) is 22.8. The lowest BCUT2D eigenvalue weighted by Gasteiger charge is -2.37. The van der Waals surface area contributed by atoms with Crippen molar-refractivity contribution >= 4 is 29.2 Å². The van der Waals surface area contributed by atoms with Gasteiger partial charge >= 0.3 is 5.97 Å². The van der Waals surface area contributed by atoms with Crippen LogP contribution in [0, 0.1) is 23.7 Å². The molecule has 5 rings (SSSR count). The molecule has 6 unspecified atom stereocenters. The number of hydrogen-bond donors (Lipinski definition) is 3. The van der Waals surface area contributed by atoms with Crippen molar-refractivity contribution < 1.29 is 24.2 Å². The van der Waals surface area contributed by atoms with E-state index in [0.717, 1.165) is 0 Å². The van der Waals surface area contributed by atoms with Crippen LogP contribution >= 0.6 is 0 Å². The average Bonchev–Trinajstić information content (AvgIpc) is 3.42. The minimum Gasteiger partial charge on any atom is -0.456 e. The van der Waals surface area contributed by atoms with Crippen molar-refractivity contribution in [2.75, 3.05) is 10.6 Å². The van der Waals surface area contributed by atoms with Crippen LogP contribution in [0.3, 0.4) is 0 Å². The summed E-state index contributed by atoms with van der Waals surface area (Å²) in [5, 5.41) is 16.8. The molecular formula is C28H26N2O5. The number of fused-ring (bicyclic) bond motifs is 2. The predicted molar refractivity (Wildman–Crippen MR) is 130 cm³/mol. The summed E-state index contributed by atoms with van der Waals surface area (Å²) in [4.78, 5) is 39.6. The number of benzene rings is 3. The Morgan fingerprint density at radius 1 is 0.686 bits per heavy atom. The number of nitrogens with one attached hydrogen (secondary N) is 2. The van der Waals surface area contributed by atoms with Crippen molar-refractivity contribution in [2.45, 2.75) is 18.6 Å². The maximum Gasteiger partial charge on any atom is 0.338 e. The molecule has 2 aliphatic rings. The second-order valence-electron chi connectivity index (χ2n) is 9.05. The number of ether oxygens (including phenoxy) is 1. The van der Waals surface area contributed by atoms with Gasteiger partial charge in [-0.2, -0.15) is 0 Å². The topological polar surface area (TPSA) is 105 Å². The lowest BCUT2D eigenvalue weighted by atomic mass is 9.75. The second kappa shape index (κ2) is 9.72. The van der Waals surface area contributed by atoms with Crippen LogP contribution in [-0.4, -0.2) is 35.1 Å². The molecule has 35 heavy (non-hydrogen) atoms. The van der Waals surface area contributed by atoms with Gasteiger partial charge in [0.15, 0.2) is 0 Å². The molecular weight excluding hydrogens is 444 g/mol. The van der Waals surface area contributed by atoms with Crippen molar-refractivity contribution in [3.05, 3.63) is 96.6 Å². The van der Waals surface area contributed by atoms with Crippen molar-refractivity contribution in [1.29, 1.82) is 0 Å². The lowest BCUT2D eigenvalue weighted by Crippen LogP contribution is -2.51. The zero-order chi connectivity index (χ0) is 24.4. The second-order valence-corrected chi connectivity index (χ2v) is 9.05. The summed E-state index contributed by atoms with van der Waals surface area (Å²) in [7, 11) is 0. The van der Waals surface area contributed by atoms with E-state index in [1.807, 2.05) is 36.4 Å². The van der Waals surface area contributed by atoms with Crippen LogP contribution < -0.4 is 10.6 Å². The van der Waals surface area contributed by atoms with Crippen LogP contribution in [0.25, 0.3) is 0 Å². The molecule has 0 heterocycles. The molecule has 0 radical (unpaired) electrons. The Bertz CT molecular complexity index is 1200. The molecule has 2 saturated carbocycles. The lowest BCUT2D eigenvalue weighted by molar-refractivity contribution is -0.139. The van der Waals surface area contributed by atoms with Gasteiger partial charge in [0.1, 0.15) is 6.10 Å². The summed E-state index contributed by atoms with van der Waals surface area (Å²) in [5.74, 6) is -3.74. The molecule has 3 aromatic carbocycles. The number of esters is 1. The highest BCUT2D eigenvalue weighted by atomic mass is 16.6. The Labute approximate surface area is 203 Å². The SMILES string of the molecule is O=C(OC1C(O)C2CC1C(C(=O)Nc1ccccc1)C2C(=O)Nc1ccccc1)c1ccccc1. The number of carbonyl (C=O) groups is 3. The molecule has 0 saturated heterocycles. The Morgan fingerprint density at radius 2 is 1.14 bits per heavy atom. The monoisotopic (exact) mass is 470 g/mol. The largest absolute Gasteiger partial charge is 0.456 e. The Kier molecular flexibility index (Phi) is 6.33. The third kappa shape index (κ3) is 4.55. The molecule has 178 valence electrons. The zero-order valence-electron chi connectivity index (χ0n) is 18.9. The summed E-state index contributed by atoms with van der Waals surface area (Å²) in [5.41, 5.74) is 1.59. The molecule has 0 spiro atoms. The van der Waals surface area contributed by atoms with Crippen LogP contribution in [-0.2, 0) is 14.3 Å². The van der Waals surface area contributed by atoms with Crippen molar-refractivity contribution in [1.82, 2.24) is 0 Å². The fourth-order valence-corrected chi connectivity index (χ4v) is 5.46. The standard InChI is InChI=1S/C28H26N2O5/c31-24-20-16-21(25(24)35-28(34)17-10-4-1-5-11-17)23(27(33)30-19-14-8-3-9-15-19)22(20)26(32)29-18-12-6-2-7-13-18/h1-15,20-25,31H,16H2,(H,29,32)(H,30,33). The number of anilines is 2. The van der Waals surface area contributed by atoms with Gasteiger partial charge in [-0.1, -0.05) is 54.6 Å². The van der Waals surface area contributed by atoms with E-state index in [2.05, 4.69) is 10.6 Å². The normalized spacial score (nSPS) is 26.7. The third-order valence-corrected chi connectivity index (χ3v) is 6.99. The summed E-state index contributed by atoms with van der Waals surface area (Å²) in [6, 6.07) is 26.5. The van der Waals surface area contributed by atoms with Crippen LogP contribution in [0.4, 0.5) is 11.4 Å². The van der Waals surface area contributed by atoms with E-state index >= 15 is 0 Å². The summed E-state index contributed by atoms with van der Waals surface area (Å²) >= 11 is 0. The Hall–Kier alpha value is -3.97. The van der Waals surface area contributed by atoms with Crippen LogP contribution in [0.5, 0.6) is 0 Å². The molecule has 7 nitrogen and oxygen atoms in total. The number of carbonyl (C=O) groups excluding carboxylic acids is 3. The van der Waals surface area contributed by atoms with Gasteiger partial charge in [0.2, 0.25) is 11.8 Å². The quantitative estimate of drug-likeness (QED) is 0.476. The van der Waals surface area contributed by atoms with Crippen LogP contribution in [0.15, 0.2) is 91.0 Å². The van der Waals surface area contributed by atoms with E-state index in [-0.39, 0.29) is 11.8 Å². The number of amides is 2. The van der Waals surface area contributed by atoms with Crippen LogP contribution in [0.2, 0.25) is 0 Å². The molecule has 0 aromatic heterocycles. The molecule has 0 aliphatic heterocycles. The minimum absolute atomic E-state index is 0.329. The van der Waals surface area contributed by atoms with Gasteiger partial charge in [0.05, 0.1) is 23.5 Å². The minimum atomic E-state index is -1.04. The highest BCUT2D eigenvalue weighted by Crippen LogP contribution is 2.54. The van der Waals surface area contributed by atoms with Gasteiger partial charge in [-0.25, -0.2) is 4.79 Å². The number of aliphatic hydroxyl groups is 1.